The van der Waals surface area contributed by atoms with Crippen LogP contribution >= 0.6 is 0 Å². The highest BCUT2D eigenvalue weighted by Gasteiger charge is 2.32. The van der Waals surface area contributed by atoms with Crippen LogP contribution in [0, 0.1) is 5.82 Å². The molecule has 1 aliphatic rings. The Morgan fingerprint density at radius 3 is 2.78 bits per heavy atom. The Kier molecular flexibility index (Phi) is 5.50. The zero-order chi connectivity index (χ0) is 25.5. The number of hydrogen-bond acceptors (Lipinski definition) is 5. The maximum absolute atomic E-state index is 14.6. The zero-order valence-electron chi connectivity index (χ0n) is 19.4. The van der Waals surface area contributed by atoms with Crippen molar-refractivity contribution in [3.63, 3.8) is 0 Å². The van der Waals surface area contributed by atoms with Crippen LogP contribution < -0.4 is 10.6 Å². The molecule has 9 nitrogen and oxygen atoms in total. The quantitative estimate of drug-likeness (QED) is 0.346. The van der Waals surface area contributed by atoms with Crippen molar-refractivity contribution in [3.8, 4) is 5.69 Å². The van der Waals surface area contributed by atoms with Crippen LogP contribution in [0.15, 0.2) is 85.7 Å². The predicted octanol–water partition coefficient (Wildman–Crippen LogP) is 3.30. The van der Waals surface area contributed by atoms with E-state index in [4.69, 9.17) is 0 Å². The highest BCUT2D eigenvalue weighted by Crippen LogP contribution is 2.31. The van der Waals surface area contributed by atoms with Crippen molar-refractivity contribution >= 4 is 23.1 Å². The Balaban J connectivity index is 1.24. The third-order valence-corrected chi connectivity index (χ3v) is 6.49. The molecule has 37 heavy (non-hydrogen) atoms. The van der Waals surface area contributed by atoms with Gasteiger partial charge in [0.1, 0.15) is 17.2 Å². The van der Waals surface area contributed by atoms with Gasteiger partial charge in [0.05, 0.1) is 36.0 Å². The van der Waals surface area contributed by atoms with Crippen LogP contribution in [0.4, 0.5) is 10.1 Å². The summed E-state index contributed by atoms with van der Waals surface area (Å²) in [4.78, 5) is 34.3. The number of rotatable bonds is 5. The molecule has 0 fully saturated rings. The molecule has 0 bridgehead atoms. The van der Waals surface area contributed by atoms with Crippen LogP contribution in [-0.2, 0) is 6.42 Å². The first-order chi connectivity index (χ1) is 18.0. The molecule has 3 heterocycles. The van der Waals surface area contributed by atoms with Crippen LogP contribution in [0.3, 0.4) is 0 Å². The predicted molar refractivity (Wildman–Crippen MR) is 133 cm³/mol. The van der Waals surface area contributed by atoms with Gasteiger partial charge in [-0.2, -0.15) is 0 Å². The number of aliphatic hydroxyl groups excluding tert-OH is 1. The lowest BCUT2D eigenvalue weighted by atomic mass is 10.1. The van der Waals surface area contributed by atoms with E-state index in [9.17, 15) is 19.1 Å². The molecule has 1 aliphatic carbocycles. The second kappa shape index (κ2) is 8.99. The van der Waals surface area contributed by atoms with Crippen LogP contribution in [0.25, 0.3) is 11.3 Å². The molecule has 3 aromatic heterocycles. The molecule has 0 saturated heterocycles. The molecule has 2 atom stereocenters. The molecular weight excluding hydrogens is 475 g/mol. The number of aliphatic hydroxyl groups is 1. The lowest BCUT2D eigenvalue weighted by Gasteiger charge is -2.18. The lowest BCUT2D eigenvalue weighted by molar-refractivity contribution is 0.0857. The molecule has 0 aliphatic heterocycles. The van der Waals surface area contributed by atoms with E-state index in [0.29, 0.717) is 12.1 Å². The van der Waals surface area contributed by atoms with Gasteiger partial charge in [-0.05, 0) is 41.5 Å². The van der Waals surface area contributed by atoms with Crippen LogP contribution in [0.2, 0.25) is 0 Å². The van der Waals surface area contributed by atoms with Crippen molar-refractivity contribution in [1.82, 2.24) is 24.3 Å². The third-order valence-electron chi connectivity index (χ3n) is 6.49. The Hall–Kier alpha value is -4.83. The van der Waals surface area contributed by atoms with E-state index in [1.165, 1.54) is 18.3 Å². The first-order valence-corrected chi connectivity index (χ1v) is 11.6. The van der Waals surface area contributed by atoms with Gasteiger partial charge >= 0.3 is 0 Å². The summed E-state index contributed by atoms with van der Waals surface area (Å²) in [5.74, 6) is -1.77. The molecule has 184 valence electrons. The number of anilines is 1. The molecule has 0 radical (unpaired) electrons. The number of hydrogen-bond donors (Lipinski definition) is 3. The Morgan fingerprint density at radius 2 is 1.95 bits per heavy atom. The average Bonchev–Trinajstić information content (AvgIpc) is 3.64. The average molecular weight is 497 g/mol. The number of halogens is 1. The van der Waals surface area contributed by atoms with Crippen molar-refractivity contribution < 1.29 is 19.1 Å². The lowest BCUT2D eigenvalue weighted by Crippen LogP contribution is -2.34. The van der Waals surface area contributed by atoms with Crippen molar-refractivity contribution in [2.45, 2.75) is 18.6 Å². The first kappa shape index (κ1) is 22.6. The minimum atomic E-state index is -0.761. The van der Waals surface area contributed by atoms with E-state index in [0.717, 1.165) is 22.9 Å². The Morgan fingerprint density at radius 1 is 1.08 bits per heavy atom. The first-order valence-electron chi connectivity index (χ1n) is 11.6. The van der Waals surface area contributed by atoms with E-state index >= 15 is 0 Å². The van der Waals surface area contributed by atoms with Gasteiger partial charge < -0.3 is 20.3 Å². The van der Waals surface area contributed by atoms with Crippen molar-refractivity contribution in [2.75, 3.05) is 5.32 Å². The summed E-state index contributed by atoms with van der Waals surface area (Å²) in [5, 5.41) is 15.8. The molecule has 6 rings (SSSR count). The summed E-state index contributed by atoms with van der Waals surface area (Å²) in [7, 11) is 0. The van der Waals surface area contributed by atoms with Crippen molar-refractivity contribution in [1.29, 1.82) is 0 Å². The topological polar surface area (TPSA) is 114 Å². The van der Waals surface area contributed by atoms with Gasteiger partial charge in [0, 0.05) is 30.6 Å². The molecule has 10 heteroatoms. The number of nitrogens with zero attached hydrogens (tertiary/aromatic N) is 4. The SMILES string of the molecule is O=C(NC1c2ccccc2CC1O)c1ccc(F)c(NC(=O)c2cnc3ccc(-n4ccnc4)cn23)c1. The smallest absolute Gasteiger partial charge is 0.274 e. The fourth-order valence-electron chi connectivity index (χ4n) is 4.62. The summed E-state index contributed by atoms with van der Waals surface area (Å²) in [6.45, 7) is 0. The van der Waals surface area contributed by atoms with Gasteiger partial charge in [-0.1, -0.05) is 24.3 Å². The fourth-order valence-corrected chi connectivity index (χ4v) is 4.62. The number of fused-ring (bicyclic) bond motifs is 2. The maximum Gasteiger partial charge on any atom is 0.274 e. The number of nitrogens with one attached hydrogen (secondary N) is 2. The molecule has 0 saturated carbocycles. The van der Waals surface area contributed by atoms with Crippen LogP contribution in [0.5, 0.6) is 0 Å². The second-order valence-corrected chi connectivity index (χ2v) is 8.80. The van der Waals surface area contributed by atoms with E-state index in [-0.39, 0.29) is 16.9 Å². The highest BCUT2D eigenvalue weighted by molar-refractivity contribution is 6.04. The van der Waals surface area contributed by atoms with E-state index in [1.54, 1.807) is 40.0 Å². The third kappa shape index (κ3) is 4.13. The molecule has 0 spiro atoms. The largest absolute Gasteiger partial charge is 0.390 e. The minimum Gasteiger partial charge on any atom is -0.390 e. The van der Waals surface area contributed by atoms with E-state index < -0.39 is 29.8 Å². The monoisotopic (exact) mass is 496 g/mol. The molecular formula is C27H21FN6O3. The van der Waals surface area contributed by atoms with Gasteiger partial charge in [0.15, 0.2) is 0 Å². The van der Waals surface area contributed by atoms with E-state index in [1.807, 2.05) is 30.3 Å². The second-order valence-electron chi connectivity index (χ2n) is 8.80. The number of pyridine rings is 1. The zero-order valence-corrected chi connectivity index (χ0v) is 19.4. The Labute approximate surface area is 210 Å². The van der Waals surface area contributed by atoms with Gasteiger partial charge in [-0.3, -0.25) is 14.0 Å². The molecule has 2 aromatic carbocycles. The van der Waals surface area contributed by atoms with E-state index in [2.05, 4.69) is 20.6 Å². The minimum absolute atomic E-state index is 0.147. The number of imidazole rings is 2. The number of carbonyl (C=O) groups excluding carboxylic acids is 2. The number of carbonyl (C=O) groups is 2. The van der Waals surface area contributed by atoms with Crippen molar-refractivity contribution in [3.05, 3.63) is 114 Å². The number of benzene rings is 2. The highest BCUT2D eigenvalue weighted by atomic mass is 19.1. The number of aromatic nitrogens is 4. The summed E-state index contributed by atoms with van der Waals surface area (Å²) in [5.41, 5.74) is 3.31. The molecule has 3 N–H and O–H groups in total. The van der Waals surface area contributed by atoms with Crippen LogP contribution in [-0.4, -0.2) is 42.0 Å². The number of amides is 2. The summed E-state index contributed by atoms with van der Waals surface area (Å²) >= 11 is 0. The fraction of sp³-hybridized carbons (Fsp3) is 0.111. The maximum atomic E-state index is 14.6. The van der Waals surface area contributed by atoms with Gasteiger partial charge in [-0.25, -0.2) is 14.4 Å². The summed E-state index contributed by atoms with van der Waals surface area (Å²) in [6.07, 6.45) is 7.85. The summed E-state index contributed by atoms with van der Waals surface area (Å²) < 4.78 is 18.0. The van der Waals surface area contributed by atoms with Gasteiger partial charge in [0.25, 0.3) is 11.8 Å². The molecule has 5 aromatic rings. The molecule has 2 amide bonds. The molecule has 2 unspecified atom stereocenters. The van der Waals surface area contributed by atoms with Crippen molar-refractivity contribution in [2.24, 2.45) is 0 Å². The standard InChI is InChI=1S/C27H21FN6O3/c28-20-7-5-17(26(36)32-25-19-4-2-1-3-16(19)12-23(25)35)11-21(20)31-27(37)22-13-30-24-8-6-18(14-34(22)24)33-10-9-29-15-33/h1-11,13-15,23,25,35H,12H2,(H,31,37)(H,32,36). The Bertz CT molecular complexity index is 1650. The summed E-state index contributed by atoms with van der Waals surface area (Å²) in [6, 6.07) is 14.3. The van der Waals surface area contributed by atoms with Gasteiger partial charge in [0.2, 0.25) is 0 Å². The van der Waals surface area contributed by atoms with Crippen LogP contribution in [0.1, 0.15) is 38.0 Å². The normalized spacial score (nSPS) is 16.5. The van der Waals surface area contributed by atoms with Gasteiger partial charge in [-0.15, -0.1) is 0 Å².